The van der Waals surface area contributed by atoms with E-state index < -0.39 is 0 Å². The number of methoxy groups -OCH3 is 2. The van der Waals surface area contributed by atoms with Gasteiger partial charge in [0.05, 0.1) is 19.9 Å². The fraction of sp³-hybridized carbons (Fsp3) is 0.348. The molecule has 30 heavy (non-hydrogen) atoms. The molecule has 0 saturated carbocycles. The number of hydrogen-bond donors (Lipinski definition) is 1. The summed E-state index contributed by atoms with van der Waals surface area (Å²) in [5.41, 5.74) is 1.98. The summed E-state index contributed by atoms with van der Waals surface area (Å²) in [6, 6.07) is 15.9. The Hall–Kier alpha value is -3.35. The van der Waals surface area contributed by atoms with E-state index in [9.17, 15) is 0 Å². The maximum atomic E-state index is 5.48. The van der Waals surface area contributed by atoms with E-state index in [0.29, 0.717) is 23.5 Å². The van der Waals surface area contributed by atoms with Gasteiger partial charge in [0.2, 0.25) is 11.9 Å². The lowest BCUT2D eigenvalue weighted by Crippen LogP contribution is -2.26. The number of nitrogens with zero attached hydrogens (tertiary/aromatic N) is 4. The molecule has 1 heterocycles. The summed E-state index contributed by atoms with van der Waals surface area (Å²) in [6.45, 7) is 5.68. The minimum absolute atomic E-state index is 0.482. The Morgan fingerprint density at radius 2 is 1.77 bits per heavy atom. The number of aromatic nitrogens is 3. The van der Waals surface area contributed by atoms with Gasteiger partial charge in [-0.1, -0.05) is 43.7 Å². The van der Waals surface area contributed by atoms with E-state index in [4.69, 9.17) is 14.5 Å². The van der Waals surface area contributed by atoms with Gasteiger partial charge in [0.15, 0.2) is 0 Å². The molecule has 0 amide bonds. The number of hydrogen-bond acceptors (Lipinski definition) is 7. The van der Waals surface area contributed by atoms with Crippen LogP contribution in [0.15, 0.2) is 48.5 Å². The van der Waals surface area contributed by atoms with Crippen molar-refractivity contribution in [1.82, 2.24) is 15.0 Å². The number of rotatable bonds is 10. The minimum Gasteiger partial charge on any atom is -0.497 e. The number of ether oxygens (including phenoxy) is 2. The van der Waals surface area contributed by atoms with Gasteiger partial charge in [0, 0.05) is 19.2 Å². The predicted octanol–water partition coefficient (Wildman–Crippen LogP) is 4.75. The van der Waals surface area contributed by atoms with Gasteiger partial charge in [-0.15, -0.1) is 0 Å². The number of unbranched alkanes of at least 4 members (excludes halogenated alkanes) is 1. The smallest absolute Gasteiger partial charge is 0.232 e. The lowest BCUT2D eigenvalue weighted by Gasteiger charge is -2.23. The molecule has 3 rings (SSSR count). The van der Waals surface area contributed by atoms with Gasteiger partial charge in [-0.25, -0.2) is 0 Å². The Labute approximate surface area is 178 Å². The summed E-state index contributed by atoms with van der Waals surface area (Å²) in [5.74, 6) is 3.18. The first-order valence-electron chi connectivity index (χ1n) is 10.1. The van der Waals surface area contributed by atoms with Crippen molar-refractivity contribution in [2.75, 3.05) is 31.0 Å². The van der Waals surface area contributed by atoms with Crippen LogP contribution >= 0.6 is 0 Å². The zero-order valence-corrected chi connectivity index (χ0v) is 18.1. The molecule has 0 atom stereocenters. The van der Waals surface area contributed by atoms with Crippen molar-refractivity contribution in [2.45, 2.75) is 33.2 Å². The van der Waals surface area contributed by atoms with Crippen molar-refractivity contribution in [3.05, 3.63) is 59.9 Å². The van der Waals surface area contributed by atoms with Crippen molar-refractivity contribution in [3.8, 4) is 11.5 Å². The van der Waals surface area contributed by atoms with Crippen molar-refractivity contribution in [3.63, 3.8) is 0 Å². The van der Waals surface area contributed by atoms with Crippen LogP contribution in [0.4, 0.5) is 17.6 Å². The molecule has 0 unspecified atom stereocenters. The summed E-state index contributed by atoms with van der Waals surface area (Å²) < 4.78 is 10.7. The standard InChI is InChI=1S/C23H29N5O2/c1-5-6-14-28(16-18-10-8-7-9-11-18)23-25-17(2)24-22(27-23)26-20-13-12-19(29-3)15-21(20)30-4/h7-13,15H,5-6,14,16H2,1-4H3,(H,24,25,26,27). The van der Waals surface area contributed by atoms with Crippen molar-refractivity contribution >= 4 is 17.6 Å². The lowest BCUT2D eigenvalue weighted by molar-refractivity contribution is 0.395. The zero-order chi connectivity index (χ0) is 21.3. The highest BCUT2D eigenvalue weighted by molar-refractivity contribution is 5.64. The third-order valence-electron chi connectivity index (χ3n) is 4.67. The highest BCUT2D eigenvalue weighted by Gasteiger charge is 2.14. The minimum atomic E-state index is 0.482. The quantitative estimate of drug-likeness (QED) is 0.520. The first kappa shape index (κ1) is 21.4. The van der Waals surface area contributed by atoms with E-state index in [1.807, 2.05) is 31.2 Å². The van der Waals surface area contributed by atoms with Crippen LogP contribution in [0.1, 0.15) is 31.2 Å². The van der Waals surface area contributed by atoms with Crippen LogP contribution in [0.3, 0.4) is 0 Å². The molecule has 0 aliphatic carbocycles. The number of anilines is 3. The second-order valence-corrected chi connectivity index (χ2v) is 6.96. The van der Waals surface area contributed by atoms with E-state index in [1.54, 1.807) is 14.2 Å². The van der Waals surface area contributed by atoms with Gasteiger partial charge in [-0.05, 0) is 31.0 Å². The van der Waals surface area contributed by atoms with Crippen molar-refractivity contribution in [2.24, 2.45) is 0 Å². The fourth-order valence-corrected chi connectivity index (χ4v) is 3.09. The summed E-state index contributed by atoms with van der Waals surface area (Å²) in [7, 11) is 3.25. The normalized spacial score (nSPS) is 10.5. The SMILES string of the molecule is CCCCN(Cc1ccccc1)c1nc(C)nc(Nc2ccc(OC)cc2OC)n1. The number of benzene rings is 2. The molecule has 0 aliphatic rings. The van der Waals surface area contributed by atoms with Crippen LogP contribution in [0, 0.1) is 6.92 Å². The van der Waals surface area contributed by atoms with E-state index in [-0.39, 0.29) is 0 Å². The summed E-state index contributed by atoms with van der Waals surface area (Å²) >= 11 is 0. The van der Waals surface area contributed by atoms with Crippen molar-refractivity contribution < 1.29 is 9.47 Å². The van der Waals surface area contributed by atoms with E-state index in [0.717, 1.165) is 37.4 Å². The highest BCUT2D eigenvalue weighted by atomic mass is 16.5. The predicted molar refractivity (Wildman–Crippen MR) is 120 cm³/mol. The van der Waals surface area contributed by atoms with E-state index in [1.165, 1.54) is 5.56 Å². The Bertz CT molecular complexity index is 950. The first-order valence-corrected chi connectivity index (χ1v) is 10.1. The number of aryl methyl sites for hydroxylation is 1. The summed E-state index contributed by atoms with van der Waals surface area (Å²) in [6.07, 6.45) is 2.16. The summed E-state index contributed by atoms with van der Waals surface area (Å²) in [4.78, 5) is 16.0. The molecule has 0 aliphatic heterocycles. The second-order valence-electron chi connectivity index (χ2n) is 6.96. The molecule has 1 aromatic heterocycles. The third kappa shape index (κ3) is 5.59. The van der Waals surface area contributed by atoms with Gasteiger partial charge in [0.1, 0.15) is 17.3 Å². The first-order chi connectivity index (χ1) is 14.6. The molecule has 0 saturated heterocycles. The Kier molecular flexibility index (Phi) is 7.43. The Balaban J connectivity index is 1.88. The van der Waals surface area contributed by atoms with Crippen LogP contribution in [-0.2, 0) is 6.54 Å². The van der Waals surface area contributed by atoms with E-state index >= 15 is 0 Å². The molecule has 158 valence electrons. The molecule has 1 N–H and O–H groups in total. The average molecular weight is 408 g/mol. The Morgan fingerprint density at radius 1 is 0.967 bits per heavy atom. The molecule has 0 spiro atoms. The second kappa shape index (κ2) is 10.4. The largest absolute Gasteiger partial charge is 0.497 e. The molecule has 0 bridgehead atoms. The van der Waals surface area contributed by atoms with Gasteiger partial charge in [-0.3, -0.25) is 0 Å². The van der Waals surface area contributed by atoms with Gasteiger partial charge < -0.3 is 19.7 Å². The maximum Gasteiger partial charge on any atom is 0.232 e. The van der Waals surface area contributed by atoms with Crippen LogP contribution in [0.25, 0.3) is 0 Å². The average Bonchev–Trinajstić information content (AvgIpc) is 2.77. The summed E-state index contributed by atoms with van der Waals surface area (Å²) in [5, 5.41) is 3.26. The fourth-order valence-electron chi connectivity index (χ4n) is 3.09. The third-order valence-corrected chi connectivity index (χ3v) is 4.67. The molecular weight excluding hydrogens is 378 g/mol. The Morgan fingerprint density at radius 3 is 2.47 bits per heavy atom. The van der Waals surface area contributed by atoms with Gasteiger partial charge in [-0.2, -0.15) is 15.0 Å². The topological polar surface area (TPSA) is 72.4 Å². The lowest BCUT2D eigenvalue weighted by atomic mass is 10.2. The van der Waals surface area contributed by atoms with Gasteiger partial charge in [0.25, 0.3) is 0 Å². The van der Waals surface area contributed by atoms with E-state index in [2.05, 4.69) is 51.4 Å². The number of nitrogens with one attached hydrogen (secondary N) is 1. The van der Waals surface area contributed by atoms with Crippen LogP contribution < -0.4 is 19.7 Å². The molecular formula is C23H29N5O2. The molecule has 3 aromatic rings. The monoisotopic (exact) mass is 407 g/mol. The molecule has 7 heteroatoms. The molecule has 2 aromatic carbocycles. The zero-order valence-electron chi connectivity index (χ0n) is 18.1. The maximum absolute atomic E-state index is 5.48. The van der Waals surface area contributed by atoms with Gasteiger partial charge >= 0.3 is 0 Å². The van der Waals surface area contributed by atoms with Crippen molar-refractivity contribution in [1.29, 1.82) is 0 Å². The van der Waals surface area contributed by atoms with Crippen LogP contribution in [-0.4, -0.2) is 35.7 Å². The van der Waals surface area contributed by atoms with Crippen LogP contribution in [0.2, 0.25) is 0 Å². The molecule has 0 radical (unpaired) electrons. The molecule has 7 nitrogen and oxygen atoms in total. The van der Waals surface area contributed by atoms with Crippen LogP contribution in [0.5, 0.6) is 11.5 Å². The highest BCUT2D eigenvalue weighted by Crippen LogP contribution is 2.31. The molecule has 0 fully saturated rings.